The third kappa shape index (κ3) is 3.19. The fourth-order valence-corrected chi connectivity index (χ4v) is 1.51. The summed E-state index contributed by atoms with van der Waals surface area (Å²) in [5.41, 5.74) is 6.05. The van der Waals surface area contributed by atoms with Gasteiger partial charge in [-0.05, 0) is 31.2 Å². The maximum Gasteiger partial charge on any atom is 0.337 e. The smallest absolute Gasteiger partial charge is 0.337 e. The highest BCUT2D eigenvalue weighted by molar-refractivity contribution is 5.89. The normalized spacial score (nSPS) is 10.0. The number of esters is 1. The van der Waals surface area contributed by atoms with E-state index in [1.54, 1.807) is 31.2 Å². The quantitative estimate of drug-likeness (QED) is 0.847. The molecule has 0 saturated heterocycles. The van der Waals surface area contributed by atoms with E-state index in [2.05, 4.69) is 14.7 Å². The van der Waals surface area contributed by atoms with Crippen molar-refractivity contribution >= 4 is 11.8 Å². The van der Waals surface area contributed by atoms with Gasteiger partial charge < -0.3 is 15.2 Å². The lowest BCUT2D eigenvalue weighted by atomic mass is 10.2. The van der Waals surface area contributed by atoms with Crippen LogP contribution in [0.1, 0.15) is 16.2 Å². The molecule has 0 aliphatic carbocycles. The molecule has 6 heteroatoms. The summed E-state index contributed by atoms with van der Waals surface area (Å²) in [5.74, 6) is 1.38. The lowest BCUT2D eigenvalue weighted by Gasteiger charge is -2.06. The number of carbonyl (C=O) groups is 1. The molecular formula is C13H13N3O3. The Morgan fingerprint density at radius 2 is 1.89 bits per heavy atom. The fourth-order valence-electron chi connectivity index (χ4n) is 1.51. The van der Waals surface area contributed by atoms with Crippen LogP contribution >= 0.6 is 0 Å². The van der Waals surface area contributed by atoms with Crippen LogP contribution in [-0.2, 0) is 4.74 Å². The number of nitrogens with zero attached hydrogens (tertiary/aromatic N) is 2. The molecule has 0 aliphatic heterocycles. The van der Waals surface area contributed by atoms with Crippen LogP contribution in [0.2, 0.25) is 0 Å². The van der Waals surface area contributed by atoms with Crippen molar-refractivity contribution in [2.75, 3.05) is 12.8 Å². The first-order valence-corrected chi connectivity index (χ1v) is 5.56. The maximum atomic E-state index is 11.3. The van der Waals surface area contributed by atoms with Crippen molar-refractivity contribution in [2.45, 2.75) is 6.92 Å². The molecule has 2 aromatic rings. The zero-order valence-corrected chi connectivity index (χ0v) is 10.6. The second-order valence-corrected chi connectivity index (χ2v) is 3.80. The minimum atomic E-state index is -0.395. The molecule has 1 heterocycles. The number of aryl methyl sites for hydroxylation is 1. The third-order valence-corrected chi connectivity index (χ3v) is 2.33. The van der Waals surface area contributed by atoms with Crippen LogP contribution in [0.25, 0.3) is 0 Å². The maximum absolute atomic E-state index is 11.3. The molecule has 0 spiro atoms. The molecule has 2 rings (SSSR count). The molecule has 0 bridgehead atoms. The number of hydrogen-bond acceptors (Lipinski definition) is 6. The number of aromatic nitrogens is 2. The Morgan fingerprint density at radius 3 is 2.47 bits per heavy atom. The van der Waals surface area contributed by atoms with Gasteiger partial charge in [-0.1, -0.05) is 0 Å². The number of carbonyl (C=O) groups excluding carboxylic acids is 1. The average Bonchev–Trinajstić information content (AvgIpc) is 2.37. The van der Waals surface area contributed by atoms with Gasteiger partial charge in [-0.15, -0.1) is 0 Å². The SMILES string of the molecule is COC(=O)c1ccc(Oc2cc(N)nc(C)n2)cc1. The Labute approximate surface area is 110 Å². The van der Waals surface area contributed by atoms with Crippen molar-refractivity contribution < 1.29 is 14.3 Å². The van der Waals surface area contributed by atoms with Crippen LogP contribution < -0.4 is 10.5 Å². The van der Waals surface area contributed by atoms with Crippen LogP contribution in [0, 0.1) is 6.92 Å². The molecule has 0 atom stereocenters. The summed E-state index contributed by atoms with van der Waals surface area (Å²) < 4.78 is 10.1. The Morgan fingerprint density at radius 1 is 1.21 bits per heavy atom. The van der Waals surface area contributed by atoms with E-state index in [0.29, 0.717) is 28.8 Å². The van der Waals surface area contributed by atoms with Crippen LogP contribution in [0.5, 0.6) is 11.6 Å². The molecule has 2 N–H and O–H groups in total. The van der Waals surface area contributed by atoms with Gasteiger partial charge in [-0.25, -0.2) is 9.78 Å². The van der Waals surface area contributed by atoms with E-state index in [1.807, 2.05) is 0 Å². The van der Waals surface area contributed by atoms with Crippen LogP contribution in [0.3, 0.4) is 0 Å². The first-order chi connectivity index (χ1) is 9.08. The first-order valence-electron chi connectivity index (χ1n) is 5.56. The number of nitrogens with two attached hydrogens (primary N) is 1. The Balaban J connectivity index is 2.17. The van der Waals surface area contributed by atoms with Crippen molar-refractivity contribution in [1.29, 1.82) is 0 Å². The van der Waals surface area contributed by atoms with E-state index in [9.17, 15) is 4.79 Å². The fraction of sp³-hybridized carbons (Fsp3) is 0.154. The third-order valence-electron chi connectivity index (χ3n) is 2.33. The molecule has 98 valence electrons. The zero-order valence-electron chi connectivity index (χ0n) is 10.6. The average molecular weight is 259 g/mol. The van der Waals surface area contributed by atoms with Gasteiger partial charge >= 0.3 is 5.97 Å². The molecule has 1 aromatic carbocycles. The summed E-state index contributed by atoms with van der Waals surface area (Å²) in [6.45, 7) is 1.73. The van der Waals surface area contributed by atoms with Gasteiger partial charge in [0.25, 0.3) is 0 Å². The van der Waals surface area contributed by atoms with Crippen LogP contribution in [0.15, 0.2) is 30.3 Å². The number of nitrogen functional groups attached to an aromatic ring is 1. The summed E-state index contributed by atoms with van der Waals surface area (Å²) in [5, 5.41) is 0. The molecule has 0 saturated carbocycles. The van der Waals surface area contributed by atoms with Gasteiger partial charge in [0.1, 0.15) is 17.4 Å². The Bertz CT molecular complexity index is 576. The lowest BCUT2D eigenvalue weighted by Crippen LogP contribution is -2.01. The number of methoxy groups -OCH3 is 1. The molecule has 19 heavy (non-hydrogen) atoms. The summed E-state index contributed by atoms with van der Waals surface area (Å²) in [6, 6.07) is 8.05. The van der Waals surface area contributed by atoms with Gasteiger partial charge in [0.2, 0.25) is 5.88 Å². The van der Waals surface area contributed by atoms with Crippen LogP contribution in [-0.4, -0.2) is 23.0 Å². The largest absolute Gasteiger partial charge is 0.465 e. The van der Waals surface area contributed by atoms with E-state index in [-0.39, 0.29) is 0 Å². The monoisotopic (exact) mass is 259 g/mol. The summed E-state index contributed by atoms with van der Waals surface area (Å²) in [4.78, 5) is 19.3. The molecule has 0 amide bonds. The summed E-state index contributed by atoms with van der Waals surface area (Å²) in [6.07, 6.45) is 0. The second kappa shape index (κ2) is 5.34. The van der Waals surface area contributed by atoms with Gasteiger partial charge in [0, 0.05) is 6.07 Å². The molecule has 1 aromatic heterocycles. The number of hydrogen-bond donors (Lipinski definition) is 1. The molecule has 0 fully saturated rings. The van der Waals surface area contributed by atoms with E-state index in [0.717, 1.165) is 0 Å². The van der Waals surface area contributed by atoms with E-state index in [4.69, 9.17) is 10.5 Å². The van der Waals surface area contributed by atoms with E-state index < -0.39 is 5.97 Å². The highest BCUT2D eigenvalue weighted by atomic mass is 16.5. The van der Waals surface area contributed by atoms with Crippen LogP contribution in [0.4, 0.5) is 5.82 Å². The highest BCUT2D eigenvalue weighted by Gasteiger charge is 2.06. The second-order valence-electron chi connectivity index (χ2n) is 3.80. The van der Waals surface area contributed by atoms with Crippen molar-refractivity contribution in [3.05, 3.63) is 41.7 Å². The Kier molecular flexibility index (Phi) is 3.61. The lowest BCUT2D eigenvalue weighted by molar-refractivity contribution is 0.0600. The highest BCUT2D eigenvalue weighted by Crippen LogP contribution is 2.21. The Hall–Kier alpha value is -2.63. The van der Waals surface area contributed by atoms with E-state index >= 15 is 0 Å². The minimum absolute atomic E-state index is 0.341. The molecule has 0 radical (unpaired) electrons. The minimum Gasteiger partial charge on any atom is -0.465 e. The molecular weight excluding hydrogens is 246 g/mol. The standard InChI is InChI=1S/C13H13N3O3/c1-8-15-11(14)7-12(16-8)19-10-5-3-9(4-6-10)13(17)18-2/h3-7H,1-2H3,(H2,14,15,16). The van der Waals surface area contributed by atoms with Gasteiger partial charge in [-0.3, -0.25) is 0 Å². The van der Waals surface area contributed by atoms with Crippen molar-refractivity contribution in [3.63, 3.8) is 0 Å². The molecule has 6 nitrogen and oxygen atoms in total. The molecule has 0 unspecified atom stereocenters. The number of ether oxygens (including phenoxy) is 2. The van der Waals surface area contributed by atoms with Crippen molar-refractivity contribution in [3.8, 4) is 11.6 Å². The summed E-state index contributed by atoms with van der Waals surface area (Å²) in [7, 11) is 1.33. The summed E-state index contributed by atoms with van der Waals surface area (Å²) >= 11 is 0. The van der Waals surface area contributed by atoms with Gasteiger partial charge in [0.05, 0.1) is 12.7 Å². The van der Waals surface area contributed by atoms with Crippen molar-refractivity contribution in [1.82, 2.24) is 9.97 Å². The zero-order chi connectivity index (χ0) is 13.8. The number of benzene rings is 1. The van der Waals surface area contributed by atoms with Gasteiger partial charge in [0.15, 0.2) is 0 Å². The topological polar surface area (TPSA) is 87.3 Å². The predicted molar refractivity (Wildman–Crippen MR) is 69.0 cm³/mol. The molecule has 0 aliphatic rings. The van der Waals surface area contributed by atoms with E-state index in [1.165, 1.54) is 13.2 Å². The van der Waals surface area contributed by atoms with Crippen molar-refractivity contribution in [2.24, 2.45) is 0 Å². The number of rotatable bonds is 3. The predicted octanol–water partition coefficient (Wildman–Crippen LogP) is 1.95. The first kappa shape index (κ1) is 12.8. The van der Waals surface area contributed by atoms with Gasteiger partial charge in [-0.2, -0.15) is 4.98 Å². The number of anilines is 1.